The van der Waals surface area contributed by atoms with Crippen LogP contribution in [0.1, 0.15) is 24.0 Å². The van der Waals surface area contributed by atoms with Gasteiger partial charge in [-0.3, -0.25) is 0 Å². The molecule has 0 saturated carbocycles. The Morgan fingerprint density at radius 3 is 2.85 bits per heavy atom. The minimum Gasteiger partial charge on any atom is -0.381 e. The third-order valence-corrected chi connectivity index (χ3v) is 5.08. The third-order valence-electron chi connectivity index (χ3n) is 3.66. The number of rotatable bonds is 5. The summed E-state index contributed by atoms with van der Waals surface area (Å²) in [5.41, 5.74) is 7.45. The van der Waals surface area contributed by atoms with Crippen molar-refractivity contribution in [3.63, 3.8) is 0 Å². The van der Waals surface area contributed by atoms with Gasteiger partial charge in [-0.05, 0) is 48.9 Å². The molecule has 1 fully saturated rings. The first-order valence-electron chi connectivity index (χ1n) is 6.90. The molecule has 5 nitrogen and oxygen atoms in total. The molecular weight excluding hydrogens is 276 g/mol. The largest absolute Gasteiger partial charge is 0.381 e. The number of ether oxygens (including phenoxy) is 1. The maximum absolute atomic E-state index is 12.2. The molecule has 1 atom stereocenters. The highest BCUT2D eigenvalue weighted by Gasteiger charge is 2.19. The fourth-order valence-electron chi connectivity index (χ4n) is 2.34. The monoisotopic (exact) mass is 298 g/mol. The molecule has 0 spiro atoms. The second-order valence-corrected chi connectivity index (χ2v) is 6.99. The molecule has 0 amide bonds. The van der Waals surface area contributed by atoms with Crippen molar-refractivity contribution in [2.45, 2.75) is 31.2 Å². The first kappa shape index (κ1) is 15.4. The number of sulfonamides is 1. The van der Waals surface area contributed by atoms with Crippen molar-refractivity contribution in [2.24, 2.45) is 11.7 Å². The molecule has 1 heterocycles. The summed E-state index contributed by atoms with van der Waals surface area (Å²) in [5, 5.41) is 0. The van der Waals surface area contributed by atoms with Crippen LogP contribution in [0.4, 0.5) is 0 Å². The smallest absolute Gasteiger partial charge is 0.240 e. The van der Waals surface area contributed by atoms with E-state index >= 15 is 0 Å². The van der Waals surface area contributed by atoms with Crippen LogP contribution in [0, 0.1) is 12.8 Å². The van der Waals surface area contributed by atoms with Gasteiger partial charge in [0, 0.05) is 19.7 Å². The zero-order chi connectivity index (χ0) is 14.6. The Morgan fingerprint density at radius 2 is 2.25 bits per heavy atom. The summed E-state index contributed by atoms with van der Waals surface area (Å²) in [6.07, 6.45) is 2.00. The molecule has 1 saturated heterocycles. The standard InChI is InChI=1S/C14H22N2O3S/c1-11-7-14(5-4-13(11)8-15)20(17,18)16-9-12-3-2-6-19-10-12/h4-5,7,12,16H,2-3,6,8-10,15H2,1H3. The number of nitrogens with one attached hydrogen (secondary N) is 1. The Morgan fingerprint density at radius 1 is 1.45 bits per heavy atom. The Labute approximate surface area is 120 Å². The van der Waals surface area contributed by atoms with Crippen LogP contribution >= 0.6 is 0 Å². The molecule has 0 aromatic heterocycles. The lowest BCUT2D eigenvalue weighted by atomic mass is 10.0. The third kappa shape index (κ3) is 3.79. The van der Waals surface area contributed by atoms with E-state index in [4.69, 9.17) is 10.5 Å². The number of benzene rings is 1. The van der Waals surface area contributed by atoms with Gasteiger partial charge >= 0.3 is 0 Å². The zero-order valence-electron chi connectivity index (χ0n) is 11.8. The number of hydrogen-bond donors (Lipinski definition) is 2. The summed E-state index contributed by atoms with van der Waals surface area (Å²) >= 11 is 0. The Kier molecular flexibility index (Phi) is 5.15. The van der Waals surface area contributed by atoms with E-state index in [-0.39, 0.29) is 5.92 Å². The van der Waals surface area contributed by atoms with Gasteiger partial charge in [-0.1, -0.05) is 6.07 Å². The quantitative estimate of drug-likeness (QED) is 0.854. The molecule has 20 heavy (non-hydrogen) atoms. The van der Waals surface area contributed by atoms with Crippen molar-refractivity contribution in [1.29, 1.82) is 0 Å². The highest BCUT2D eigenvalue weighted by molar-refractivity contribution is 7.89. The van der Waals surface area contributed by atoms with E-state index in [1.807, 2.05) is 6.92 Å². The summed E-state index contributed by atoms with van der Waals surface area (Å²) in [4.78, 5) is 0.295. The Balaban J connectivity index is 2.04. The molecule has 1 aliphatic rings. The second-order valence-electron chi connectivity index (χ2n) is 5.23. The lowest BCUT2D eigenvalue weighted by Crippen LogP contribution is -2.33. The maximum atomic E-state index is 12.2. The van der Waals surface area contributed by atoms with Crippen molar-refractivity contribution >= 4 is 10.0 Å². The normalized spacial score (nSPS) is 20.0. The maximum Gasteiger partial charge on any atom is 0.240 e. The van der Waals surface area contributed by atoms with E-state index in [9.17, 15) is 8.42 Å². The fraction of sp³-hybridized carbons (Fsp3) is 0.571. The van der Waals surface area contributed by atoms with E-state index in [0.717, 1.165) is 30.6 Å². The summed E-state index contributed by atoms with van der Waals surface area (Å²) in [6.45, 7) is 4.13. The van der Waals surface area contributed by atoms with E-state index < -0.39 is 10.0 Å². The van der Waals surface area contributed by atoms with Gasteiger partial charge in [0.15, 0.2) is 0 Å². The van der Waals surface area contributed by atoms with Crippen LogP contribution in [0.2, 0.25) is 0 Å². The van der Waals surface area contributed by atoms with Gasteiger partial charge in [-0.25, -0.2) is 13.1 Å². The molecule has 1 aromatic carbocycles. The first-order valence-corrected chi connectivity index (χ1v) is 8.38. The van der Waals surface area contributed by atoms with E-state index in [1.54, 1.807) is 18.2 Å². The molecule has 0 bridgehead atoms. The zero-order valence-corrected chi connectivity index (χ0v) is 12.6. The Bertz CT molecular complexity index is 552. The molecule has 1 unspecified atom stereocenters. The summed E-state index contributed by atoms with van der Waals surface area (Å²) in [7, 11) is -3.45. The lowest BCUT2D eigenvalue weighted by molar-refractivity contribution is 0.0568. The molecule has 0 aliphatic carbocycles. The van der Waals surface area contributed by atoms with E-state index in [0.29, 0.717) is 24.6 Å². The molecule has 6 heteroatoms. The van der Waals surface area contributed by atoms with Crippen LogP contribution in [0.15, 0.2) is 23.1 Å². The van der Waals surface area contributed by atoms with Gasteiger partial charge in [-0.15, -0.1) is 0 Å². The SMILES string of the molecule is Cc1cc(S(=O)(=O)NCC2CCCOC2)ccc1CN. The van der Waals surface area contributed by atoms with Crippen LogP contribution in [-0.2, 0) is 21.3 Å². The average Bonchev–Trinajstić information content (AvgIpc) is 2.46. The average molecular weight is 298 g/mol. The molecule has 1 aromatic rings. The predicted molar refractivity (Wildman–Crippen MR) is 77.8 cm³/mol. The molecule has 3 N–H and O–H groups in total. The summed E-state index contributed by atoms with van der Waals surface area (Å²) < 4.78 is 32.5. The van der Waals surface area contributed by atoms with Crippen molar-refractivity contribution in [2.75, 3.05) is 19.8 Å². The molecule has 112 valence electrons. The van der Waals surface area contributed by atoms with Crippen molar-refractivity contribution in [3.05, 3.63) is 29.3 Å². The topological polar surface area (TPSA) is 81.4 Å². The molecule has 0 radical (unpaired) electrons. The molecule has 2 rings (SSSR count). The van der Waals surface area contributed by atoms with Crippen molar-refractivity contribution < 1.29 is 13.2 Å². The first-order chi connectivity index (χ1) is 9.53. The van der Waals surface area contributed by atoms with Gasteiger partial charge in [-0.2, -0.15) is 0 Å². The lowest BCUT2D eigenvalue weighted by Gasteiger charge is -2.22. The summed E-state index contributed by atoms with van der Waals surface area (Å²) in [5.74, 6) is 0.267. The van der Waals surface area contributed by atoms with Crippen LogP contribution < -0.4 is 10.5 Å². The van der Waals surface area contributed by atoms with Crippen LogP contribution in [0.3, 0.4) is 0 Å². The molecular formula is C14H22N2O3S. The van der Waals surface area contributed by atoms with Crippen LogP contribution in [-0.4, -0.2) is 28.2 Å². The van der Waals surface area contributed by atoms with Crippen LogP contribution in [0.25, 0.3) is 0 Å². The fourth-order valence-corrected chi connectivity index (χ4v) is 3.54. The Hall–Kier alpha value is -0.950. The highest BCUT2D eigenvalue weighted by atomic mass is 32.2. The number of aryl methyl sites for hydroxylation is 1. The highest BCUT2D eigenvalue weighted by Crippen LogP contribution is 2.17. The van der Waals surface area contributed by atoms with Gasteiger partial charge in [0.05, 0.1) is 11.5 Å². The van der Waals surface area contributed by atoms with Gasteiger partial charge in [0.25, 0.3) is 0 Å². The number of hydrogen-bond acceptors (Lipinski definition) is 4. The van der Waals surface area contributed by atoms with E-state index in [2.05, 4.69) is 4.72 Å². The van der Waals surface area contributed by atoms with Crippen molar-refractivity contribution in [1.82, 2.24) is 4.72 Å². The minimum atomic E-state index is -3.45. The van der Waals surface area contributed by atoms with E-state index in [1.165, 1.54) is 0 Å². The van der Waals surface area contributed by atoms with Gasteiger partial charge in [0.1, 0.15) is 0 Å². The summed E-state index contributed by atoms with van der Waals surface area (Å²) in [6, 6.07) is 5.05. The van der Waals surface area contributed by atoms with Crippen molar-refractivity contribution in [3.8, 4) is 0 Å². The number of nitrogens with two attached hydrogens (primary N) is 1. The second kappa shape index (κ2) is 6.67. The minimum absolute atomic E-state index is 0.267. The predicted octanol–water partition coefficient (Wildman–Crippen LogP) is 1.16. The van der Waals surface area contributed by atoms with Gasteiger partial charge < -0.3 is 10.5 Å². The molecule has 1 aliphatic heterocycles. The van der Waals surface area contributed by atoms with Gasteiger partial charge in [0.2, 0.25) is 10.0 Å². The van der Waals surface area contributed by atoms with Crippen LogP contribution in [0.5, 0.6) is 0 Å².